The molecular weight excluding hydrogens is 198 g/mol. The van der Waals surface area contributed by atoms with Crippen molar-refractivity contribution >= 4 is 0 Å². The first-order valence-electron chi connectivity index (χ1n) is 5.57. The van der Waals surface area contributed by atoms with Crippen molar-refractivity contribution < 1.29 is 0 Å². The Labute approximate surface area is 97.7 Å². The van der Waals surface area contributed by atoms with Crippen LogP contribution in [0.2, 0.25) is 0 Å². The Hall–Kier alpha value is -1.37. The van der Waals surface area contributed by atoms with Crippen LogP contribution in [0.5, 0.6) is 0 Å². The summed E-state index contributed by atoms with van der Waals surface area (Å²) in [5.74, 6) is 0. The van der Waals surface area contributed by atoms with Gasteiger partial charge in [-0.25, -0.2) is 0 Å². The third kappa shape index (κ3) is 4.43. The predicted octanol–water partition coefficient (Wildman–Crippen LogP) is 1.60. The summed E-state index contributed by atoms with van der Waals surface area (Å²) in [5.41, 5.74) is 1.84. The molecule has 0 heterocycles. The molecule has 0 aliphatic heterocycles. The van der Waals surface area contributed by atoms with Crippen LogP contribution in [0.15, 0.2) is 24.3 Å². The number of nitrogens with zero attached hydrogens (tertiary/aromatic N) is 2. The summed E-state index contributed by atoms with van der Waals surface area (Å²) in [7, 11) is 4.15. The minimum atomic E-state index is 0.766. The molecule has 0 saturated heterocycles. The van der Waals surface area contributed by atoms with Crippen LogP contribution >= 0.6 is 0 Å². The number of hydrogen-bond donors (Lipinski definition) is 1. The minimum Gasteiger partial charge on any atom is -0.313 e. The molecule has 0 fully saturated rings. The molecule has 0 saturated carbocycles. The van der Waals surface area contributed by atoms with E-state index in [2.05, 4.69) is 30.4 Å². The molecule has 1 N–H and O–H groups in total. The zero-order valence-corrected chi connectivity index (χ0v) is 10.0. The van der Waals surface area contributed by atoms with Gasteiger partial charge in [-0.05, 0) is 45.2 Å². The highest BCUT2D eigenvalue weighted by Crippen LogP contribution is 2.06. The first-order valence-corrected chi connectivity index (χ1v) is 5.57. The van der Waals surface area contributed by atoms with E-state index >= 15 is 0 Å². The minimum absolute atomic E-state index is 0.766. The normalized spacial score (nSPS) is 10.4. The average Bonchev–Trinajstić information content (AvgIpc) is 2.29. The standard InChI is InChI=1S/C13H19N3/c1-16(2)9-5-8-15-11-13-7-4-3-6-12(13)10-14/h3-4,6-7,15H,5,8-9,11H2,1-2H3. The Balaban J connectivity index is 2.30. The lowest BCUT2D eigenvalue weighted by molar-refractivity contribution is 0.394. The van der Waals surface area contributed by atoms with E-state index in [1.807, 2.05) is 24.3 Å². The van der Waals surface area contributed by atoms with Gasteiger partial charge in [0.15, 0.2) is 0 Å². The van der Waals surface area contributed by atoms with Crippen LogP contribution in [0.4, 0.5) is 0 Å². The summed E-state index contributed by atoms with van der Waals surface area (Å²) in [6.45, 7) is 2.85. The second-order valence-corrected chi connectivity index (χ2v) is 4.10. The summed E-state index contributed by atoms with van der Waals surface area (Å²) in [6, 6.07) is 9.93. The Bertz CT molecular complexity index is 352. The SMILES string of the molecule is CN(C)CCCNCc1ccccc1C#N. The molecule has 0 spiro atoms. The van der Waals surface area contributed by atoms with E-state index in [0.29, 0.717) is 0 Å². The molecule has 0 radical (unpaired) electrons. The Morgan fingerprint density at radius 2 is 2.06 bits per heavy atom. The van der Waals surface area contributed by atoms with Crippen LogP contribution in [-0.4, -0.2) is 32.1 Å². The topological polar surface area (TPSA) is 39.1 Å². The van der Waals surface area contributed by atoms with Crippen molar-refractivity contribution in [3.63, 3.8) is 0 Å². The third-order valence-electron chi connectivity index (χ3n) is 2.41. The second kappa shape index (κ2) is 7.00. The summed E-state index contributed by atoms with van der Waals surface area (Å²) in [5, 5.41) is 12.3. The molecule has 3 heteroatoms. The van der Waals surface area contributed by atoms with Gasteiger partial charge in [0.25, 0.3) is 0 Å². The molecule has 0 amide bonds. The van der Waals surface area contributed by atoms with Gasteiger partial charge in [-0.1, -0.05) is 18.2 Å². The van der Waals surface area contributed by atoms with Gasteiger partial charge in [-0.15, -0.1) is 0 Å². The fraction of sp³-hybridized carbons (Fsp3) is 0.462. The zero-order chi connectivity index (χ0) is 11.8. The molecule has 0 unspecified atom stereocenters. The summed E-state index contributed by atoms with van der Waals surface area (Å²) < 4.78 is 0. The maximum Gasteiger partial charge on any atom is 0.0995 e. The molecular formula is C13H19N3. The van der Waals surface area contributed by atoms with E-state index in [-0.39, 0.29) is 0 Å². The van der Waals surface area contributed by atoms with Gasteiger partial charge in [-0.2, -0.15) is 5.26 Å². The highest BCUT2D eigenvalue weighted by atomic mass is 15.0. The van der Waals surface area contributed by atoms with E-state index in [0.717, 1.165) is 37.2 Å². The fourth-order valence-electron chi connectivity index (χ4n) is 1.53. The molecule has 1 rings (SSSR count). The molecule has 0 aromatic heterocycles. The van der Waals surface area contributed by atoms with Crippen LogP contribution in [0.1, 0.15) is 17.5 Å². The van der Waals surface area contributed by atoms with Gasteiger partial charge in [0, 0.05) is 6.54 Å². The highest BCUT2D eigenvalue weighted by Gasteiger charge is 1.99. The highest BCUT2D eigenvalue weighted by molar-refractivity contribution is 5.37. The van der Waals surface area contributed by atoms with Crippen molar-refractivity contribution in [3.05, 3.63) is 35.4 Å². The molecule has 3 nitrogen and oxygen atoms in total. The Morgan fingerprint density at radius 3 is 2.75 bits per heavy atom. The van der Waals surface area contributed by atoms with Gasteiger partial charge < -0.3 is 10.2 Å². The largest absolute Gasteiger partial charge is 0.313 e. The van der Waals surface area contributed by atoms with Gasteiger partial charge >= 0.3 is 0 Å². The summed E-state index contributed by atoms with van der Waals surface area (Å²) in [6.07, 6.45) is 1.13. The van der Waals surface area contributed by atoms with E-state index in [4.69, 9.17) is 5.26 Å². The van der Waals surface area contributed by atoms with E-state index < -0.39 is 0 Å². The second-order valence-electron chi connectivity index (χ2n) is 4.10. The van der Waals surface area contributed by atoms with Crippen LogP contribution < -0.4 is 5.32 Å². The van der Waals surface area contributed by atoms with E-state index in [1.165, 1.54) is 0 Å². The molecule has 0 atom stereocenters. The van der Waals surface area contributed by atoms with E-state index in [1.54, 1.807) is 0 Å². The summed E-state index contributed by atoms with van der Waals surface area (Å²) >= 11 is 0. The fourth-order valence-corrected chi connectivity index (χ4v) is 1.53. The molecule has 0 aliphatic carbocycles. The van der Waals surface area contributed by atoms with Gasteiger partial charge in [-0.3, -0.25) is 0 Å². The monoisotopic (exact) mass is 217 g/mol. The third-order valence-corrected chi connectivity index (χ3v) is 2.41. The first kappa shape index (κ1) is 12.7. The van der Waals surface area contributed by atoms with Crippen molar-refractivity contribution in [3.8, 4) is 6.07 Å². The number of hydrogen-bond acceptors (Lipinski definition) is 3. The molecule has 16 heavy (non-hydrogen) atoms. The quantitative estimate of drug-likeness (QED) is 0.736. The number of nitrogens with one attached hydrogen (secondary N) is 1. The predicted molar refractivity (Wildman–Crippen MR) is 66.0 cm³/mol. The van der Waals surface area contributed by atoms with Gasteiger partial charge in [0.05, 0.1) is 11.6 Å². The van der Waals surface area contributed by atoms with Crippen LogP contribution in [0.25, 0.3) is 0 Å². The van der Waals surface area contributed by atoms with Crippen LogP contribution in [0, 0.1) is 11.3 Å². The first-order chi connectivity index (χ1) is 7.74. The molecule has 0 bridgehead atoms. The number of benzene rings is 1. The van der Waals surface area contributed by atoms with Crippen molar-refractivity contribution in [2.45, 2.75) is 13.0 Å². The number of nitriles is 1. The Kier molecular flexibility index (Phi) is 5.55. The lowest BCUT2D eigenvalue weighted by atomic mass is 10.1. The lowest BCUT2D eigenvalue weighted by Gasteiger charge is -2.10. The molecule has 0 aliphatic rings. The Morgan fingerprint density at radius 1 is 1.31 bits per heavy atom. The molecule has 86 valence electrons. The van der Waals surface area contributed by atoms with Crippen molar-refractivity contribution in [2.75, 3.05) is 27.2 Å². The maximum atomic E-state index is 8.91. The maximum absolute atomic E-state index is 8.91. The average molecular weight is 217 g/mol. The van der Waals surface area contributed by atoms with Crippen molar-refractivity contribution in [1.82, 2.24) is 10.2 Å². The van der Waals surface area contributed by atoms with Crippen LogP contribution in [-0.2, 0) is 6.54 Å². The van der Waals surface area contributed by atoms with Crippen molar-refractivity contribution in [1.29, 1.82) is 5.26 Å². The van der Waals surface area contributed by atoms with Crippen LogP contribution in [0.3, 0.4) is 0 Å². The van der Waals surface area contributed by atoms with Crippen molar-refractivity contribution in [2.24, 2.45) is 0 Å². The smallest absolute Gasteiger partial charge is 0.0995 e. The van der Waals surface area contributed by atoms with Gasteiger partial charge in [0.1, 0.15) is 0 Å². The number of rotatable bonds is 6. The van der Waals surface area contributed by atoms with E-state index in [9.17, 15) is 0 Å². The molecule has 1 aromatic carbocycles. The zero-order valence-electron chi connectivity index (χ0n) is 10.0. The molecule has 1 aromatic rings. The van der Waals surface area contributed by atoms with Gasteiger partial charge in [0.2, 0.25) is 0 Å². The summed E-state index contributed by atoms with van der Waals surface area (Å²) in [4.78, 5) is 2.17. The lowest BCUT2D eigenvalue weighted by Crippen LogP contribution is -2.21.